The van der Waals surface area contributed by atoms with Gasteiger partial charge in [-0.25, -0.2) is 15.0 Å². The second-order valence-corrected chi connectivity index (χ2v) is 13.9. The lowest BCUT2D eigenvalue weighted by molar-refractivity contribution is 1.08. The monoisotopic (exact) mass is 732 g/mol. The van der Waals surface area contributed by atoms with E-state index in [2.05, 4.69) is 0 Å². The predicted molar refractivity (Wildman–Crippen MR) is 232 cm³/mol. The van der Waals surface area contributed by atoms with E-state index < -0.39 is 107 Å². The number of thiophene rings is 1. The van der Waals surface area contributed by atoms with Gasteiger partial charge in [0.25, 0.3) is 0 Å². The lowest BCUT2D eigenvalue weighted by Gasteiger charge is -2.13. The lowest BCUT2D eigenvalue weighted by Crippen LogP contribution is -2.00. The summed E-state index contributed by atoms with van der Waals surface area (Å²) >= 11 is 1.58. The van der Waals surface area contributed by atoms with Crippen molar-refractivity contribution in [3.8, 4) is 56.4 Å². The average molecular weight is 733 g/mol. The fourth-order valence-electron chi connectivity index (χ4n) is 7.00. The topological polar surface area (TPSA) is 38.7 Å². The minimum atomic E-state index is -0.775. The van der Waals surface area contributed by atoms with Crippen LogP contribution in [0.5, 0.6) is 0 Å². The minimum Gasteiger partial charge on any atom is -0.208 e. The summed E-state index contributed by atoms with van der Waals surface area (Å²) in [7, 11) is 0. The van der Waals surface area contributed by atoms with E-state index in [9.17, 15) is 8.22 Å². The maximum absolute atomic E-state index is 9.83. The first-order chi connectivity index (χ1) is 33.5. The van der Waals surface area contributed by atoms with Gasteiger partial charge in [-0.3, -0.25) is 0 Å². The van der Waals surface area contributed by atoms with Crippen LogP contribution in [0.1, 0.15) is 20.6 Å². The Morgan fingerprint density at radius 1 is 0.345 bits per heavy atom. The molecule has 0 aliphatic carbocycles. The lowest BCUT2D eigenvalue weighted by atomic mass is 9.92. The molecule has 0 saturated carbocycles. The molecule has 0 unspecified atom stereocenters. The van der Waals surface area contributed by atoms with Crippen LogP contribution < -0.4 is 0 Å². The standard InChI is InChI=1S/C51H31N3S/c1-2-12-32(13-3-1)33-24-26-34(27-25-33)49-52-50(54-51(53-49)44-21-11-23-47-48(44)43-20-8-9-22-46(43)55-47)37-15-10-14-35(30-37)36-28-29-42-40-18-5-4-16-38(40)39-17-6-7-19-41(39)45(42)31-36/h1-31H/i4D,5D,6D,7D,10D,14D,15D,16D,17D,18D,19D,28D,29D,30D,31D. The quantitative estimate of drug-likeness (QED) is 0.165. The highest BCUT2D eigenvalue weighted by Crippen LogP contribution is 2.41. The van der Waals surface area contributed by atoms with Crippen LogP contribution in [0.15, 0.2) is 188 Å². The van der Waals surface area contributed by atoms with Crippen LogP contribution in [-0.2, 0) is 0 Å². The average Bonchev–Trinajstić information content (AvgIpc) is 3.76. The summed E-state index contributed by atoms with van der Waals surface area (Å²) in [5, 5.41) is -0.386. The Bertz CT molecular complexity index is 4080. The normalized spacial score (nSPS) is 15.5. The zero-order chi connectivity index (χ0) is 49.3. The maximum Gasteiger partial charge on any atom is 0.164 e. The summed E-state index contributed by atoms with van der Waals surface area (Å²) in [6.07, 6.45) is 0. The van der Waals surface area contributed by atoms with Gasteiger partial charge in [-0.05, 0) is 78.8 Å². The molecule has 0 bridgehead atoms. The molecule has 0 saturated heterocycles. The summed E-state index contributed by atoms with van der Waals surface area (Å²) in [6, 6.07) is 20.3. The Labute approximate surface area is 342 Å². The van der Waals surface area contributed by atoms with Gasteiger partial charge in [-0.15, -0.1) is 11.3 Å². The van der Waals surface area contributed by atoms with E-state index in [-0.39, 0.29) is 50.0 Å². The van der Waals surface area contributed by atoms with Crippen LogP contribution in [0.3, 0.4) is 0 Å². The molecule has 0 atom stereocenters. The predicted octanol–water partition coefficient (Wildman–Crippen LogP) is 14.0. The van der Waals surface area contributed by atoms with Crippen molar-refractivity contribution < 1.29 is 20.6 Å². The van der Waals surface area contributed by atoms with E-state index in [1.165, 1.54) is 0 Å². The number of hydrogen-bond acceptors (Lipinski definition) is 4. The maximum atomic E-state index is 9.83. The third-order valence-corrected chi connectivity index (χ3v) is 10.7. The molecule has 3 nitrogen and oxygen atoms in total. The Hall–Kier alpha value is -7.01. The van der Waals surface area contributed by atoms with Crippen molar-refractivity contribution in [2.75, 3.05) is 0 Å². The highest BCUT2D eigenvalue weighted by atomic mass is 32.1. The molecule has 2 aromatic heterocycles. The fourth-order valence-corrected chi connectivity index (χ4v) is 8.13. The van der Waals surface area contributed by atoms with E-state index in [4.69, 9.17) is 27.3 Å². The van der Waals surface area contributed by atoms with Gasteiger partial charge in [-0.1, -0.05) is 163 Å². The largest absolute Gasteiger partial charge is 0.208 e. The Morgan fingerprint density at radius 2 is 0.909 bits per heavy atom. The van der Waals surface area contributed by atoms with Gasteiger partial charge < -0.3 is 0 Å². The van der Waals surface area contributed by atoms with Crippen molar-refractivity contribution in [3.63, 3.8) is 0 Å². The Kier molecular flexibility index (Phi) is 4.64. The van der Waals surface area contributed by atoms with Crippen molar-refractivity contribution in [3.05, 3.63) is 188 Å². The van der Waals surface area contributed by atoms with Crippen molar-refractivity contribution in [1.82, 2.24) is 15.0 Å². The van der Waals surface area contributed by atoms with Crippen LogP contribution >= 0.6 is 11.3 Å². The summed E-state index contributed by atoms with van der Waals surface area (Å²) in [6.45, 7) is 0. The zero-order valence-corrected chi connectivity index (χ0v) is 29.3. The highest BCUT2D eigenvalue weighted by Gasteiger charge is 2.18. The molecule has 0 radical (unpaired) electrons. The molecule has 0 fully saturated rings. The number of hydrogen-bond donors (Lipinski definition) is 0. The molecule has 256 valence electrons. The summed E-state index contributed by atoms with van der Waals surface area (Å²) in [5.41, 5.74) is 1.61. The van der Waals surface area contributed by atoms with Gasteiger partial charge in [0, 0.05) is 36.9 Å². The second-order valence-electron chi connectivity index (χ2n) is 12.8. The SMILES string of the molecule is [2H]c1c([2H])c(-c2nc(-c3ccc(-c4ccccc4)cc3)nc(-c3cccc4sc5ccccc5c34)n2)c([2H])c(-c2c([2H])c([2H])c3c4c([2H])c([2H])c([2H])c([2H])c4c4c([2H])c([2H])c([2H])c([2H])c4c3c2[2H])c1[2H]. The molecule has 0 aliphatic rings. The van der Waals surface area contributed by atoms with Gasteiger partial charge in [0.1, 0.15) is 0 Å². The summed E-state index contributed by atoms with van der Waals surface area (Å²) < 4.78 is 138. The van der Waals surface area contributed by atoms with Crippen LogP contribution in [0.2, 0.25) is 0 Å². The minimum absolute atomic E-state index is 0.150. The molecule has 55 heavy (non-hydrogen) atoms. The third-order valence-electron chi connectivity index (χ3n) is 9.57. The van der Waals surface area contributed by atoms with E-state index >= 15 is 0 Å². The first-order valence-electron chi connectivity index (χ1n) is 24.8. The van der Waals surface area contributed by atoms with Crippen LogP contribution in [0, 0.1) is 0 Å². The van der Waals surface area contributed by atoms with E-state index in [0.717, 1.165) is 31.3 Å². The molecule has 11 rings (SSSR count). The van der Waals surface area contributed by atoms with Crippen LogP contribution in [0.4, 0.5) is 0 Å². The third kappa shape index (κ3) is 5.38. The molecule has 0 aliphatic heterocycles. The van der Waals surface area contributed by atoms with Crippen LogP contribution in [0.25, 0.3) is 109 Å². The first-order valence-corrected chi connectivity index (χ1v) is 18.1. The molecule has 2 heterocycles. The van der Waals surface area contributed by atoms with Gasteiger partial charge in [-0.2, -0.15) is 0 Å². The second kappa shape index (κ2) is 12.8. The molecular weight excluding hydrogens is 687 g/mol. The molecule has 4 heteroatoms. The number of benzene rings is 9. The highest BCUT2D eigenvalue weighted by molar-refractivity contribution is 7.25. The molecule has 0 spiro atoms. The zero-order valence-electron chi connectivity index (χ0n) is 43.5. The van der Waals surface area contributed by atoms with Crippen molar-refractivity contribution in [1.29, 1.82) is 0 Å². The summed E-state index contributed by atoms with van der Waals surface area (Å²) in [5.74, 6) is 0.0816. The van der Waals surface area contributed by atoms with Gasteiger partial charge in [0.2, 0.25) is 0 Å². The van der Waals surface area contributed by atoms with Crippen molar-refractivity contribution in [2.45, 2.75) is 0 Å². The fraction of sp³-hybridized carbons (Fsp3) is 0. The van der Waals surface area contributed by atoms with E-state index in [1.54, 1.807) is 11.3 Å². The molecule has 0 amide bonds. The first kappa shape index (κ1) is 19.9. The van der Waals surface area contributed by atoms with Crippen LogP contribution in [-0.4, -0.2) is 15.0 Å². The van der Waals surface area contributed by atoms with E-state index in [1.807, 2.05) is 97.1 Å². The summed E-state index contributed by atoms with van der Waals surface area (Å²) in [4.78, 5) is 14.7. The molecule has 0 N–H and O–H groups in total. The molecular formula is C51H31N3S. The number of nitrogens with zero attached hydrogens (tertiary/aromatic N) is 3. The number of fused-ring (bicyclic) bond motifs is 9. The Morgan fingerprint density at radius 3 is 1.67 bits per heavy atom. The smallest absolute Gasteiger partial charge is 0.164 e. The molecule has 11 aromatic rings. The van der Waals surface area contributed by atoms with Gasteiger partial charge in [0.15, 0.2) is 17.5 Å². The van der Waals surface area contributed by atoms with Crippen molar-refractivity contribution in [2.24, 2.45) is 0 Å². The van der Waals surface area contributed by atoms with Gasteiger partial charge >= 0.3 is 0 Å². The van der Waals surface area contributed by atoms with Gasteiger partial charge in [0.05, 0.1) is 20.6 Å². The van der Waals surface area contributed by atoms with Crippen molar-refractivity contribution >= 4 is 63.8 Å². The molecule has 9 aromatic carbocycles. The number of rotatable bonds is 5. The number of aromatic nitrogens is 3. The Balaban J connectivity index is 1.24. The van der Waals surface area contributed by atoms with E-state index in [0.29, 0.717) is 11.1 Å².